The first-order valence-corrected chi connectivity index (χ1v) is 10.6. The molecule has 0 spiro atoms. The van der Waals surface area contributed by atoms with Crippen molar-refractivity contribution < 1.29 is 14.1 Å². The van der Waals surface area contributed by atoms with Gasteiger partial charge in [-0.1, -0.05) is 0 Å². The molecule has 1 aliphatic heterocycles. The fourth-order valence-corrected chi connectivity index (χ4v) is 4.24. The molecule has 0 amide bonds. The van der Waals surface area contributed by atoms with E-state index < -0.39 is 16.3 Å². The van der Waals surface area contributed by atoms with Crippen LogP contribution in [0.15, 0.2) is 53.8 Å². The van der Waals surface area contributed by atoms with Crippen LogP contribution in [0.1, 0.15) is 24.7 Å². The number of nitrogens with one attached hydrogen (secondary N) is 1. The van der Waals surface area contributed by atoms with Crippen molar-refractivity contribution in [3.63, 3.8) is 0 Å². The number of halogens is 1. The van der Waals surface area contributed by atoms with Gasteiger partial charge >= 0.3 is 0 Å². The van der Waals surface area contributed by atoms with Crippen LogP contribution in [0, 0.1) is 15.9 Å². The van der Waals surface area contributed by atoms with Gasteiger partial charge in [-0.15, -0.1) is 0 Å². The highest BCUT2D eigenvalue weighted by molar-refractivity contribution is 5.95. The molecule has 0 unspecified atom stereocenters. The van der Waals surface area contributed by atoms with Crippen molar-refractivity contribution in [2.45, 2.75) is 18.9 Å². The van der Waals surface area contributed by atoms with E-state index in [0.717, 1.165) is 19.4 Å². The first-order chi connectivity index (χ1) is 16.5. The molecule has 0 radical (unpaired) electrons. The number of hydrogen-bond donors (Lipinski definition) is 1. The number of nitrogens with zero attached hydrogens (tertiary/aromatic N) is 5. The van der Waals surface area contributed by atoms with Crippen molar-refractivity contribution in [3.05, 3.63) is 81.2 Å². The number of methoxy groups -OCH3 is 1. The lowest BCUT2D eigenvalue weighted by Gasteiger charge is -2.19. The van der Waals surface area contributed by atoms with Gasteiger partial charge in [0.05, 0.1) is 34.7 Å². The van der Waals surface area contributed by atoms with E-state index in [9.17, 15) is 19.3 Å². The van der Waals surface area contributed by atoms with Gasteiger partial charge in [0.1, 0.15) is 12.2 Å². The van der Waals surface area contributed by atoms with Crippen LogP contribution in [-0.4, -0.2) is 38.1 Å². The maximum atomic E-state index is 14.6. The highest BCUT2D eigenvalue weighted by Gasteiger charge is 2.27. The largest absolute Gasteiger partial charge is 0.494 e. The Kier molecular flexibility index (Phi) is 5.46. The lowest BCUT2D eigenvalue weighted by molar-refractivity contribution is -0.384. The van der Waals surface area contributed by atoms with Crippen LogP contribution in [0.25, 0.3) is 27.7 Å². The SMILES string of the molecule is COc1ccc(-n2c([C@H]3CCCN3)nc3c(-c4cncnc4)cc([N+](=O)[O-])cc3c2=O)cc1F. The number of rotatable bonds is 5. The van der Waals surface area contributed by atoms with Gasteiger partial charge in [0.15, 0.2) is 11.6 Å². The van der Waals surface area contributed by atoms with Gasteiger partial charge in [-0.3, -0.25) is 19.5 Å². The van der Waals surface area contributed by atoms with E-state index in [1.54, 1.807) is 6.07 Å². The van der Waals surface area contributed by atoms with Crippen molar-refractivity contribution in [1.82, 2.24) is 24.8 Å². The molecule has 172 valence electrons. The second-order valence-corrected chi connectivity index (χ2v) is 7.85. The summed E-state index contributed by atoms with van der Waals surface area (Å²) in [5.41, 5.74) is 0.581. The highest BCUT2D eigenvalue weighted by Crippen LogP contribution is 2.33. The fraction of sp³-hybridized carbons (Fsp3) is 0.217. The van der Waals surface area contributed by atoms with E-state index in [4.69, 9.17) is 9.72 Å². The van der Waals surface area contributed by atoms with Gasteiger partial charge in [-0.25, -0.2) is 19.3 Å². The molecule has 3 heterocycles. The molecule has 34 heavy (non-hydrogen) atoms. The summed E-state index contributed by atoms with van der Waals surface area (Å²) in [5.74, 6) is -0.210. The predicted octanol–water partition coefficient (Wildman–Crippen LogP) is 3.32. The Morgan fingerprint density at radius 3 is 2.68 bits per heavy atom. The van der Waals surface area contributed by atoms with Crippen molar-refractivity contribution in [2.24, 2.45) is 0 Å². The zero-order valence-electron chi connectivity index (χ0n) is 18.1. The van der Waals surface area contributed by atoms with Crippen LogP contribution >= 0.6 is 0 Å². The number of ether oxygens (including phenoxy) is 1. The summed E-state index contributed by atoms with van der Waals surface area (Å²) in [6.07, 6.45) is 5.97. The number of non-ortho nitro benzene ring substituents is 1. The summed E-state index contributed by atoms with van der Waals surface area (Å²) in [5, 5.41) is 15.0. The molecule has 4 aromatic rings. The predicted molar refractivity (Wildman–Crippen MR) is 122 cm³/mol. The topological polar surface area (TPSA) is 125 Å². The lowest BCUT2D eigenvalue weighted by atomic mass is 10.0. The second-order valence-electron chi connectivity index (χ2n) is 7.85. The number of fused-ring (bicyclic) bond motifs is 1. The molecule has 10 nitrogen and oxygen atoms in total. The summed E-state index contributed by atoms with van der Waals surface area (Å²) in [4.78, 5) is 37.7. The maximum Gasteiger partial charge on any atom is 0.271 e. The average Bonchev–Trinajstić information content (AvgIpc) is 3.39. The Hall–Kier alpha value is -4.25. The Morgan fingerprint density at radius 2 is 2.03 bits per heavy atom. The molecule has 1 fully saturated rings. The van der Waals surface area contributed by atoms with Crippen LogP contribution < -0.4 is 15.6 Å². The molecule has 0 aliphatic carbocycles. The second kappa shape index (κ2) is 8.60. The number of hydrogen-bond acceptors (Lipinski definition) is 8. The monoisotopic (exact) mass is 462 g/mol. The molecular weight excluding hydrogens is 443 g/mol. The van der Waals surface area contributed by atoms with Crippen LogP contribution in [0.3, 0.4) is 0 Å². The summed E-state index contributed by atoms with van der Waals surface area (Å²) in [6, 6.07) is 6.47. The molecule has 0 bridgehead atoms. The maximum absolute atomic E-state index is 14.6. The third kappa shape index (κ3) is 3.65. The van der Waals surface area contributed by atoms with Crippen LogP contribution in [0.2, 0.25) is 0 Å². The zero-order chi connectivity index (χ0) is 23.8. The third-order valence-corrected chi connectivity index (χ3v) is 5.83. The van der Waals surface area contributed by atoms with Gasteiger partial charge in [-0.2, -0.15) is 0 Å². The number of nitro benzene ring substituents is 1. The minimum absolute atomic E-state index is 0.0334. The van der Waals surface area contributed by atoms with E-state index in [1.807, 2.05) is 0 Å². The van der Waals surface area contributed by atoms with Crippen molar-refractivity contribution in [1.29, 1.82) is 0 Å². The molecule has 2 aromatic carbocycles. The van der Waals surface area contributed by atoms with Gasteiger partial charge in [0, 0.05) is 41.7 Å². The smallest absolute Gasteiger partial charge is 0.271 e. The Morgan fingerprint density at radius 1 is 1.24 bits per heavy atom. The van der Waals surface area contributed by atoms with Crippen molar-refractivity contribution >= 4 is 16.6 Å². The van der Waals surface area contributed by atoms with Crippen molar-refractivity contribution in [3.8, 4) is 22.6 Å². The Balaban J connectivity index is 1.87. The minimum Gasteiger partial charge on any atom is -0.494 e. The zero-order valence-corrected chi connectivity index (χ0v) is 18.1. The first kappa shape index (κ1) is 21.6. The standard InChI is InChI=1S/C23H19FN6O4/c1-34-20-5-4-14(9-18(20)24)29-22(19-3-2-6-27-19)28-21-16(13-10-25-12-26-11-13)7-15(30(32)33)8-17(21)23(29)31/h4-5,7-12,19,27H,2-3,6H2,1H3/t19-/m1/s1. The minimum atomic E-state index is -0.640. The molecule has 11 heteroatoms. The average molecular weight is 462 g/mol. The normalized spacial score (nSPS) is 15.5. The van der Waals surface area contributed by atoms with E-state index in [-0.39, 0.29) is 28.6 Å². The molecule has 5 rings (SSSR count). The molecule has 0 saturated carbocycles. The van der Waals surface area contributed by atoms with E-state index in [2.05, 4.69) is 15.3 Å². The van der Waals surface area contributed by atoms with E-state index >= 15 is 0 Å². The first-order valence-electron chi connectivity index (χ1n) is 10.6. The lowest BCUT2D eigenvalue weighted by Crippen LogP contribution is -2.29. The van der Waals surface area contributed by atoms with Crippen LogP contribution in [-0.2, 0) is 0 Å². The molecule has 1 N–H and O–H groups in total. The number of aromatic nitrogens is 4. The van der Waals surface area contributed by atoms with Gasteiger partial charge < -0.3 is 10.1 Å². The summed E-state index contributed by atoms with van der Waals surface area (Å²) in [6.45, 7) is 0.745. The molecular formula is C23H19FN6O4. The quantitative estimate of drug-likeness (QED) is 0.354. The molecule has 2 aromatic heterocycles. The number of nitro groups is 1. The Bertz CT molecular complexity index is 1470. The van der Waals surface area contributed by atoms with Crippen LogP contribution in [0.5, 0.6) is 5.75 Å². The van der Waals surface area contributed by atoms with Gasteiger partial charge in [0.25, 0.3) is 11.2 Å². The van der Waals surface area contributed by atoms with E-state index in [0.29, 0.717) is 22.5 Å². The number of benzene rings is 2. The fourth-order valence-electron chi connectivity index (χ4n) is 4.24. The Labute approximate surface area is 192 Å². The molecule has 1 atom stereocenters. The summed E-state index contributed by atoms with van der Waals surface area (Å²) >= 11 is 0. The summed E-state index contributed by atoms with van der Waals surface area (Å²) < 4.78 is 20.9. The molecule has 1 aliphatic rings. The third-order valence-electron chi connectivity index (χ3n) is 5.83. The van der Waals surface area contributed by atoms with Crippen molar-refractivity contribution in [2.75, 3.05) is 13.7 Å². The van der Waals surface area contributed by atoms with Crippen LogP contribution in [0.4, 0.5) is 10.1 Å². The van der Waals surface area contributed by atoms with Gasteiger partial charge in [0.2, 0.25) is 0 Å². The van der Waals surface area contributed by atoms with E-state index in [1.165, 1.54) is 54.7 Å². The highest BCUT2D eigenvalue weighted by atomic mass is 19.1. The molecule has 1 saturated heterocycles. The summed E-state index contributed by atoms with van der Waals surface area (Å²) in [7, 11) is 1.35. The van der Waals surface area contributed by atoms with Gasteiger partial charge in [-0.05, 0) is 31.5 Å².